The smallest absolute Gasteiger partial charge is 0.251 e. The minimum atomic E-state index is 0.0542. The molecule has 3 rings (SSSR count). The number of hydrogen-bond donors (Lipinski definition) is 1. The van der Waals surface area contributed by atoms with Gasteiger partial charge in [-0.2, -0.15) is 0 Å². The monoisotopic (exact) mass is 230 g/mol. The zero-order valence-corrected chi connectivity index (χ0v) is 10.2. The van der Waals surface area contributed by atoms with Crippen LogP contribution >= 0.6 is 0 Å². The second-order valence-corrected chi connectivity index (χ2v) is 5.96. The summed E-state index contributed by atoms with van der Waals surface area (Å²) in [5.41, 5.74) is 1.27. The number of amides is 1. The molecule has 1 aromatic rings. The average molecular weight is 230 g/mol. The van der Waals surface area contributed by atoms with Crippen LogP contribution in [0.1, 0.15) is 49.4 Å². The van der Waals surface area contributed by atoms with Crippen molar-refractivity contribution in [3.63, 3.8) is 0 Å². The molecule has 0 atom stereocenters. The third-order valence-electron chi connectivity index (χ3n) is 4.50. The maximum absolute atomic E-state index is 12.1. The van der Waals surface area contributed by atoms with Crippen molar-refractivity contribution in [2.24, 2.45) is 5.41 Å². The maximum Gasteiger partial charge on any atom is 0.251 e. The molecule has 1 N–H and O–H groups in total. The summed E-state index contributed by atoms with van der Waals surface area (Å²) in [6.45, 7) is 2.35. The quantitative estimate of drug-likeness (QED) is 0.848. The third kappa shape index (κ3) is 1.84. The first kappa shape index (κ1) is 10.8. The fourth-order valence-corrected chi connectivity index (χ4v) is 3.49. The zero-order chi connectivity index (χ0) is 11.9. The van der Waals surface area contributed by atoms with Gasteiger partial charge < -0.3 is 5.32 Å². The molecule has 2 fully saturated rings. The van der Waals surface area contributed by atoms with Gasteiger partial charge in [0.15, 0.2) is 0 Å². The molecule has 0 radical (unpaired) electrons. The first-order chi connectivity index (χ1) is 8.11. The summed E-state index contributed by atoms with van der Waals surface area (Å²) in [5, 5.41) is 3.26. The predicted molar refractivity (Wildman–Crippen MR) is 65.6 cm³/mol. The maximum atomic E-state index is 12.1. The molecule has 2 saturated carbocycles. The SMILES string of the molecule is CC12CCC(NC(=O)c3ccncc3)(CC1)C2. The van der Waals surface area contributed by atoms with E-state index in [1.54, 1.807) is 24.5 Å². The van der Waals surface area contributed by atoms with E-state index in [0.29, 0.717) is 5.41 Å². The van der Waals surface area contributed by atoms with Crippen molar-refractivity contribution in [1.82, 2.24) is 10.3 Å². The predicted octanol–water partition coefficient (Wildman–Crippen LogP) is 2.53. The van der Waals surface area contributed by atoms with Gasteiger partial charge in [-0.15, -0.1) is 0 Å². The number of nitrogens with one attached hydrogen (secondary N) is 1. The van der Waals surface area contributed by atoms with Gasteiger partial charge in [0.2, 0.25) is 0 Å². The van der Waals surface area contributed by atoms with Crippen LogP contribution in [0.5, 0.6) is 0 Å². The van der Waals surface area contributed by atoms with Crippen LogP contribution in [0.15, 0.2) is 24.5 Å². The van der Waals surface area contributed by atoms with Gasteiger partial charge in [-0.05, 0) is 49.7 Å². The lowest BCUT2D eigenvalue weighted by atomic mass is 9.86. The molecule has 1 aromatic heterocycles. The van der Waals surface area contributed by atoms with Crippen LogP contribution in [0.4, 0.5) is 0 Å². The third-order valence-corrected chi connectivity index (χ3v) is 4.50. The summed E-state index contributed by atoms with van der Waals surface area (Å²) in [6.07, 6.45) is 9.27. The van der Waals surface area contributed by atoms with Crippen LogP contribution in [0.3, 0.4) is 0 Å². The van der Waals surface area contributed by atoms with Crippen molar-refractivity contribution in [3.8, 4) is 0 Å². The molecule has 0 saturated heterocycles. The van der Waals surface area contributed by atoms with E-state index in [1.165, 1.54) is 12.8 Å². The Labute approximate surface area is 102 Å². The zero-order valence-electron chi connectivity index (χ0n) is 10.2. The average Bonchev–Trinajstić information content (AvgIpc) is 2.83. The lowest BCUT2D eigenvalue weighted by Crippen LogP contribution is -2.44. The first-order valence-corrected chi connectivity index (χ1v) is 6.34. The molecule has 0 unspecified atom stereocenters. The lowest BCUT2D eigenvalue weighted by Gasteiger charge is -2.28. The summed E-state index contributed by atoms with van der Waals surface area (Å²) in [7, 11) is 0. The first-order valence-electron chi connectivity index (χ1n) is 6.34. The van der Waals surface area contributed by atoms with Gasteiger partial charge in [-0.25, -0.2) is 0 Å². The Morgan fingerprint density at radius 2 is 1.88 bits per heavy atom. The number of aromatic nitrogens is 1. The van der Waals surface area contributed by atoms with Crippen molar-refractivity contribution < 1.29 is 4.79 Å². The lowest BCUT2D eigenvalue weighted by molar-refractivity contribution is 0.0901. The number of carbonyl (C=O) groups is 1. The molecule has 0 spiro atoms. The molecule has 2 aliphatic carbocycles. The second kappa shape index (κ2) is 3.56. The molecule has 3 nitrogen and oxygen atoms in total. The number of fused-ring (bicyclic) bond motifs is 2. The number of hydrogen-bond acceptors (Lipinski definition) is 2. The number of nitrogens with zero attached hydrogens (tertiary/aromatic N) is 1. The van der Waals surface area contributed by atoms with Gasteiger partial charge in [0.1, 0.15) is 0 Å². The van der Waals surface area contributed by atoms with Crippen molar-refractivity contribution in [2.75, 3.05) is 0 Å². The minimum absolute atomic E-state index is 0.0542. The Hall–Kier alpha value is -1.38. The Bertz CT molecular complexity index is 433. The van der Waals surface area contributed by atoms with E-state index in [0.717, 1.165) is 24.8 Å². The fraction of sp³-hybridized carbons (Fsp3) is 0.571. The van der Waals surface area contributed by atoms with Gasteiger partial charge in [0, 0.05) is 23.5 Å². The van der Waals surface area contributed by atoms with Crippen LogP contribution in [0, 0.1) is 5.41 Å². The van der Waals surface area contributed by atoms with Crippen molar-refractivity contribution >= 4 is 5.91 Å². The summed E-state index contributed by atoms with van der Waals surface area (Å²) >= 11 is 0. The fourth-order valence-electron chi connectivity index (χ4n) is 3.49. The van der Waals surface area contributed by atoms with E-state index in [9.17, 15) is 4.79 Å². The van der Waals surface area contributed by atoms with Gasteiger partial charge in [0.25, 0.3) is 5.91 Å². The molecule has 1 amide bonds. The van der Waals surface area contributed by atoms with Crippen LogP contribution in [0.2, 0.25) is 0 Å². The number of carbonyl (C=O) groups excluding carboxylic acids is 1. The highest BCUT2D eigenvalue weighted by atomic mass is 16.1. The van der Waals surface area contributed by atoms with Crippen molar-refractivity contribution in [2.45, 2.75) is 44.6 Å². The van der Waals surface area contributed by atoms with Gasteiger partial charge in [-0.1, -0.05) is 6.92 Å². The molecule has 0 aliphatic heterocycles. The summed E-state index contributed by atoms with van der Waals surface area (Å²) in [4.78, 5) is 16.1. The summed E-state index contributed by atoms with van der Waals surface area (Å²) < 4.78 is 0. The van der Waals surface area contributed by atoms with Gasteiger partial charge >= 0.3 is 0 Å². The molecule has 2 bridgehead atoms. The minimum Gasteiger partial charge on any atom is -0.347 e. The molecule has 0 aromatic carbocycles. The van der Waals surface area contributed by atoms with Crippen LogP contribution < -0.4 is 5.32 Å². The Kier molecular flexibility index (Phi) is 2.25. The standard InChI is InChI=1S/C14H18N2O/c1-13-4-6-14(10-13,7-5-13)16-12(17)11-2-8-15-9-3-11/h2-3,8-9H,4-7,10H2,1H3,(H,16,17). The molecular weight excluding hydrogens is 212 g/mol. The highest BCUT2D eigenvalue weighted by Gasteiger charge is 2.52. The molecule has 90 valence electrons. The molecule has 3 heteroatoms. The van der Waals surface area contributed by atoms with Crippen LogP contribution in [-0.2, 0) is 0 Å². The highest BCUT2D eigenvalue weighted by molar-refractivity contribution is 5.94. The van der Waals surface area contributed by atoms with Crippen molar-refractivity contribution in [1.29, 1.82) is 0 Å². The van der Waals surface area contributed by atoms with Crippen LogP contribution in [0.25, 0.3) is 0 Å². The normalized spacial score (nSPS) is 34.9. The van der Waals surface area contributed by atoms with E-state index < -0.39 is 0 Å². The Balaban J connectivity index is 1.75. The van der Waals surface area contributed by atoms with Crippen molar-refractivity contribution in [3.05, 3.63) is 30.1 Å². The Morgan fingerprint density at radius 3 is 2.41 bits per heavy atom. The number of rotatable bonds is 2. The molecular formula is C14H18N2O. The van der Waals surface area contributed by atoms with E-state index >= 15 is 0 Å². The molecule has 1 heterocycles. The van der Waals surface area contributed by atoms with E-state index in [-0.39, 0.29) is 11.4 Å². The molecule has 17 heavy (non-hydrogen) atoms. The van der Waals surface area contributed by atoms with Crippen LogP contribution in [-0.4, -0.2) is 16.4 Å². The number of pyridine rings is 1. The topological polar surface area (TPSA) is 42.0 Å². The van der Waals surface area contributed by atoms with E-state index in [2.05, 4.69) is 17.2 Å². The Morgan fingerprint density at radius 1 is 1.24 bits per heavy atom. The summed E-state index contributed by atoms with van der Waals surface area (Å²) in [5.74, 6) is 0.0542. The van der Waals surface area contributed by atoms with Gasteiger partial charge in [-0.3, -0.25) is 9.78 Å². The van der Waals surface area contributed by atoms with E-state index in [4.69, 9.17) is 0 Å². The summed E-state index contributed by atoms with van der Waals surface area (Å²) in [6, 6.07) is 3.55. The second-order valence-electron chi connectivity index (χ2n) is 5.96. The van der Waals surface area contributed by atoms with Gasteiger partial charge in [0.05, 0.1) is 0 Å². The van der Waals surface area contributed by atoms with E-state index in [1.807, 2.05) is 0 Å². The molecule has 2 aliphatic rings. The largest absolute Gasteiger partial charge is 0.347 e. The highest BCUT2D eigenvalue weighted by Crippen LogP contribution is 2.56.